The topological polar surface area (TPSA) is 49.8 Å². The van der Waals surface area contributed by atoms with Crippen molar-refractivity contribution < 1.29 is 23.4 Å². The quantitative estimate of drug-likeness (QED) is 0.875. The van der Waals surface area contributed by atoms with Crippen LogP contribution in [0.15, 0.2) is 24.3 Å². The van der Waals surface area contributed by atoms with E-state index in [0.29, 0.717) is 12.5 Å². The maximum atomic E-state index is 12.0. The molecular formula is C15H19F2NO3. The molecule has 21 heavy (non-hydrogen) atoms. The van der Waals surface area contributed by atoms with Gasteiger partial charge in [0.05, 0.1) is 12.5 Å². The molecule has 1 N–H and O–H groups in total. The molecule has 4 nitrogen and oxygen atoms in total. The van der Waals surface area contributed by atoms with E-state index in [1.54, 1.807) is 24.1 Å². The maximum absolute atomic E-state index is 12.0. The summed E-state index contributed by atoms with van der Waals surface area (Å²) >= 11 is 0. The van der Waals surface area contributed by atoms with Crippen molar-refractivity contribution in [1.82, 2.24) is 4.90 Å². The number of likely N-dealkylation sites (N-methyl/N-ethyl adjacent to an activating group) is 1. The number of amides is 1. The molecule has 1 amide bonds. The molecule has 0 heterocycles. The Hall–Kier alpha value is -1.69. The Labute approximate surface area is 122 Å². The summed E-state index contributed by atoms with van der Waals surface area (Å²) in [6, 6.07) is 6.07. The molecule has 0 spiro atoms. The van der Waals surface area contributed by atoms with Crippen LogP contribution in [0.3, 0.4) is 0 Å². The molecular weight excluding hydrogens is 280 g/mol. The maximum Gasteiger partial charge on any atom is 0.387 e. The van der Waals surface area contributed by atoms with Crippen molar-refractivity contribution in [3.63, 3.8) is 0 Å². The van der Waals surface area contributed by atoms with Gasteiger partial charge in [-0.05, 0) is 36.5 Å². The van der Waals surface area contributed by atoms with Crippen LogP contribution in [0.4, 0.5) is 8.78 Å². The van der Waals surface area contributed by atoms with Gasteiger partial charge in [0.15, 0.2) is 0 Å². The Bertz CT molecular complexity index is 472. The van der Waals surface area contributed by atoms with Gasteiger partial charge in [0.1, 0.15) is 5.75 Å². The average Bonchev–Trinajstić information content (AvgIpc) is 2.38. The molecule has 0 atom stereocenters. The Morgan fingerprint density at radius 2 is 2.00 bits per heavy atom. The first-order chi connectivity index (χ1) is 9.94. The number of carbonyl (C=O) groups excluding carboxylic acids is 1. The number of carbonyl (C=O) groups is 1. The summed E-state index contributed by atoms with van der Waals surface area (Å²) in [6.07, 6.45) is 1.50. The number of rotatable bonds is 6. The molecule has 1 aromatic carbocycles. The van der Waals surface area contributed by atoms with Crippen molar-refractivity contribution >= 4 is 5.91 Å². The number of aliphatic hydroxyl groups excluding tert-OH is 1. The van der Waals surface area contributed by atoms with Crippen molar-refractivity contribution in [3.8, 4) is 5.75 Å². The second kappa shape index (κ2) is 6.85. The monoisotopic (exact) mass is 299 g/mol. The van der Waals surface area contributed by atoms with E-state index >= 15 is 0 Å². The van der Waals surface area contributed by atoms with Crippen molar-refractivity contribution in [3.05, 3.63) is 29.8 Å². The van der Waals surface area contributed by atoms with Crippen LogP contribution in [0.25, 0.3) is 0 Å². The highest BCUT2D eigenvalue weighted by Crippen LogP contribution is 2.27. The van der Waals surface area contributed by atoms with Gasteiger partial charge in [0.2, 0.25) is 5.91 Å². The lowest BCUT2D eigenvalue weighted by Crippen LogP contribution is -2.40. The van der Waals surface area contributed by atoms with Crippen molar-refractivity contribution in [1.29, 1.82) is 0 Å². The molecule has 0 saturated heterocycles. The molecule has 1 aliphatic rings. The highest BCUT2D eigenvalue weighted by Gasteiger charge is 2.28. The van der Waals surface area contributed by atoms with E-state index in [4.69, 9.17) is 0 Å². The number of ether oxygens (including phenoxy) is 1. The third-order valence-electron chi connectivity index (χ3n) is 3.67. The molecule has 0 aromatic heterocycles. The van der Waals surface area contributed by atoms with Gasteiger partial charge >= 0.3 is 6.61 Å². The normalized spacial score (nSPS) is 21.0. The highest BCUT2D eigenvalue weighted by atomic mass is 19.3. The Balaban J connectivity index is 1.81. The van der Waals surface area contributed by atoms with Crippen LogP contribution < -0.4 is 4.74 Å². The van der Waals surface area contributed by atoms with E-state index in [1.807, 2.05) is 0 Å². The highest BCUT2D eigenvalue weighted by molar-refractivity contribution is 5.78. The number of benzene rings is 1. The lowest BCUT2D eigenvalue weighted by atomic mass is 9.82. The predicted octanol–water partition coefficient (Wildman–Crippen LogP) is 2.06. The van der Waals surface area contributed by atoms with Crippen LogP contribution in [-0.2, 0) is 11.2 Å². The van der Waals surface area contributed by atoms with Gasteiger partial charge in [-0.3, -0.25) is 4.79 Å². The molecule has 1 aromatic rings. The second-order valence-corrected chi connectivity index (χ2v) is 5.46. The summed E-state index contributed by atoms with van der Waals surface area (Å²) in [5, 5.41) is 9.22. The minimum Gasteiger partial charge on any atom is -0.435 e. The number of alkyl halides is 2. The Morgan fingerprint density at radius 3 is 2.52 bits per heavy atom. The van der Waals surface area contributed by atoms with Gasteiger partial charge in [-0.25, -0.2) is 0 Å². The summed E-state index contributed by atoms with van der Waals surface area (Å²) in [7, 11) is 1.74. The number of nitrogens with zero attached hydrogens (tertiary/aromatic N) is 1. The van der Waals surface area contributed by atoms with E-state index in [0.717, 1.165) is 18.4 Å². The lowest BCUT2D eigenvalue weighted by Gasteiger charge is -2.34. The first-order valence-corrected chi connectivity index (χ1v) is 6.90. The Kier molecular flexibility index (Phi) is 5.12. The molecule has 1 fully saturated rings. The fourth-order valence-corrected chi connectivity index (χ4v) is 2.44. The van der Waals surface area contributed by atoms with Crippen LogP contribution in [0.2, 0.25) is 0 Å². The third-order valence-corrected chi connectivity index (χ3v) is 3.67. The number of hydrogen-bond donors (Lipinski definition) is 1. The Morgan fingerprint density at radius 1 is 1.38 bits per heavy atom. The van der Waals surface area contributed by atoms with E-state index < -0.39 is 6.61 Å². The molecule has 2 rings (SSSR count). The molecule has 6 heteroatoms. The smallest absolute Gasteiger partial charge is 0.387 e. The first-order valence-electron chi connectivity index (χ1n) is 6.90. The minimum absolute atomic E-state index is 0.0288. The van der Waals surface area contributed by atoms with Gasteiger partial charge in [-0.2, -0.15) is 8.78 Å². The second-order valence-electron chi connectivity index (χ2n) is 5.46. The lowest BCUT2D eigenvalue weighted by molar-refractivity contribution is -0.130. The van der Waals surface area contributed by atoms with Crippen molar-refractivity contribution in [2.45, 2.75) is 32.0 Å². The fourth-order valence-electron chi connectivity index (χ4n) is 2.44. The first kappa shape index (κ1) is 15.7. The summed E-state index contributed by atoms with van der Waals surface area (Å²) in [5.74, 6) is 0.424. The minimum atomic E-state index is -2.85. The largest absolute Gasteiger partial charge is 0.435 e. The zero-order chi connectivity index (χ0) is 15.4. The van der Waals surface area contributed by atoms with Gasteiger partial charge in [0, 0.05) is 13.6 Å². The van der Waals surface area contributed by atoms with Gasteiger partial charge in [-0.15, -0.1) is 0 Å². The van der Waals surface area contributed by atoms with E-state index in [9.17, 15) is 18.7 Å². The number of aliphatic hydroxyl groups is 1. The molecule has 0 radical (unpaired) electrons. The summed E-state index contributed by atoms with van der Waals surface area (Å²) in [5.41, 5.74) is 0.752. The SMILES string of the molecule is CN(CC1CC(O)C1)C(=O)Cc1ccc(OC(F)F)cc1. The van der Waals surface area contributed by atoms with Crippen molar-refractivity contribution in [2.75, 3.05) is 13.6 Å². The molecule has 116 valence electrons. The van der Waals surface area contributed by atoms with Gasteiger partial charge in [0.25, 0.3) is 0 Å². The van der Waals surface area contributed by atoms with E-state index in [2.05, 4.69) is 4.74 Å². The van der Waals surface area contributed by atoms with E-state index in [1.165, 1.54) is 12.1 Å². The summed E-state index contributed by atoms with van der Waals surface area (Å²) < 4.78 is 28.3. The average molecular weight is 299 g/mol. The van der Waals surface area contributed by atoms with Crippen LogP contribution in [0, 0.1) is 5.92 Å². The van der Waals surface area contributed by atoms with E-state index in [-0.39, 0.29) is 24.2 Å². The third kappa shape index (κ3) is 4.67. The molecule has 0 bridgehead atoms. The number of halogens is 2. The van der Waals surface area contributed by atoms with Gasteiger partial charge in [-0.1, -0.05) is 12.1 Å². The predicted molar refractivity (Wildman–Crippen MR) is 73.1 cm³/mol. The molecule has 0 aliphatic heterocycles. The zero-order valence-electron chi connectivity index (χ0n) is 11.8. The molecule has 1 aliphatic carbocycles. The van der Waals surface area contributed by atoms with Crippen LogP contribution in [-0.4, -0.2) is 42.2 Å². The molecule has 1 saturated carbocycles. The fraction of sp³-hybridized carbons (Fsp3) is 0.533. The van der Waals surface area contributed by atoms with Gasteiger partial charge < -0.3 is 14.7 Å². The summed E-state index contributed by atoms with van der Waals surface area (Å²) in [6.45, 7) is -2.20. The summed E-state index contributed by atoms with van der Waals surface area (Å²) in [4.78, 5) is 13.7. The van der Waals surface area contributed by atoms with Crippen LogP contribution in [0.1, 0.15) is 18.4 Å². The number of hydrogen-bond acceptors (Lipinski definition) is 3. The zero-order valence-corrected chi connectivity index (χ0v) is 11.8. The van der Waals surface area contributed by atoms with Crippen LogP contribution >= 0.6 is 0 Å². The molecule has 0 unspecified atom stereocenters. The van der Waals surface area contributed by atoms with Crippen LogP contribution in [0.5, 0.6) is 5.75 Å². The standard InChI is InChI=1S/C15H19F2NO3/c1-18(9-11-6-12(19)7-11)14(20)8-10-2-4-13(5-3-10)21-15(16)17/h2-5,11-12,15,19H,6-9H2,1H3. The van der Waals surface area contributed by atoms with Crippen molar-refractivity contribution in [2.24, 2.45) is 5.92 Å².